The van der Waals surface area contributed by atoms with Gasteiger partial charge in [0.15, 0.2) is 0 Å². The Morgan fingerprint density at radius 1 is 1.07 bits per heavy atom. The van der Waals surface area contributed by atoms with E-state index in [0.29, 0.717) is 29.8 Å². The minimum Gasteiger partial charge on any atom is -0.465 e. The van der Waals surface area contributed by atoms with E-state index >= 15 is 0 Å². The smallest absolute Gasteiger partial charge is 0.338 e. The van der Waals surface area contributed by atoms with Gasteiger partial charge in [-0.2, -0.15) is 0 Å². The lowest BCUT2D eigenvalue weighted by atomic mass is 9.95. The average Bonchev–Trinajstić information content (AvgIpc) is 2.71. The summed E-state index contributed by atoms with van der Waals surface area (Å²) in [5.41, 5.74) is 2.58. The molecule has 6 nitrogen and oxygen atoms in total. The molecule has 1 aliphatic heterocycles. The first kappa shape index (κ1) is 20.6. The Hall–Kier alpha value is -3.15. The first-order chi connectivity index (χ1) is 13.7. The normalized spacial score (nSPS) is 13.4. The van der Waals surface area contributed by atoms with Crippen molar-refractivity contribution in [2.45, 2.75) is 33.6 Å². The van der Waals surface area contributed by atoms with Crippen LogP contribution in [0.5, 0.6) is 0 Å². The molecule has 1 N–H and O–H groups in total. The molecule has 2 amide bonds. The number of esters is 1. The SMILES string of the molecule is COC(=O)c1cccc2c1CCCN2C(=O)c1cccc(NC(=O)C(C)(C)C)c1. The van der Waals surface area contributed by atoms with Gasteiger partial charge in [-0.1, -0.05) is 32.9 Å². The van der Waals surface area contributed by atoms with Crippen molar-refractivity contribution in [3.05, 3.63) is 59.2 Å². The summed E-state index contributed by atoms with van der Waals surface area (Å²) in [4.78, 5) is 39.3. The number of amides is 2. The van der Waals surface area contributed by atoms with E-state index in [0.717, 1.165) is 17.7 Å². The van der Waals surface area contributed by atoms with Crippen molar-refractivity contribution in [2.75, 3.05) is 23.9 Å². The van der Waals surface area contributed by atoms with Gasteiger partial charge in [-0.25, -0.2) is 4.79 Å². The van der Waals surface area contributed by atoms with Crippen LogP contribution in [0.15, 0.2) is 42.5 Å². The van der Waals surface area contributed by atoms with Crippen molar-refractivity contribution in [1.82, 2.24) is 0 Å². The molecule has 3 rings (SSSR count). The van der Waals surface area contributed by atoms with Crippen LogP contribution in [0.1, 0.15) is 53.5 Å². The van der Waals surface area contributed by atoms with Crippen LogP contribution in [-0.4, -0.2) is 31.4 Å². The van der Waals surface area contributed by atoms with Crippen LogP contribution in [0.25, 0.3) is 0 Å². The molecule has 1 aliphatic rings. The lowest BCUT2D eigenvalue weighted by molar-refractivity contribution is -0.123. The largest absolute Gasteiger partial charge is 0.465 e. The Balaban J connectivity index is 1.91. The fraction of sp³-hybridized carbons (Fsp3) is 0.348. The fourth-order valence-electron chi connectivity index (χ4n) is 3.34. The molecule has 0 spiro atoms. The summed E-state index contributed by atoms with van der Waals surface area (Å²) >= 11 is 0. The van der Waals surface area contributed by atoms with Gasteiger partial charge < -0.3 is 15.0 Å². The maximum Gasteiger partial charge on any atom is 0.338 e. The van der Waals surface area contributed by atoms with E-state index in [2.05, 4.69) is 5.32 Å². The molecule has 6 heteroatoms. The van der Waals surface area contributed by atoms with E-state index in [1.54, 1.807) is 41.3 Å². The number of carbonyl (C=O) groups excluding carboxylic acids is 3. The zero-order valence-corrected chi connectivity index (χ0v) is 17.2. The molecule has 0 atom stereocenters. The number of methoxy groups -OCH3 is 1. The van der Waals surface area contributed by atoms with E-state index < -0.39 is 11.4 Å². The summed E-state index contributed by atoms with van der Waals surface area (Å²) < 4.78 is 4.88. The summed E-state index contributed by atoms with van der Waals surface area (Å²) in [6.45, 7) is 6.07. The first-order valence-electron chi connectivity index (χ1n) is 9.66. The third-order valence-electron chi connectivity index (χ3n) is 4.95. The Morgan fingerprint density at radius 2 is 1.79 bits per heavy atom. The van der Waals surface area contributed by atoms with Crippen molar-refractivity contribution in [1.29, 1.82) is 0 Å². The Kier molecular flexibility index (Phi) is 5.73. The van der Waals surface area contributed by atoms with Crippen LogP contribution >= 0.6 is 0 Å². The van der Waals surface area contributed by atoms with Gasteiger partial charge in [-0.3, -0.25) is 9.59 Å². The molecule has 0 saturated heterocycles. The zero-order valence-electron chi connectivity index (χ0n) is 17.2. The van der Waals surface area contributed by atoms with Crippen LogP contribution < -0.4 is 10.2 Å². The monoisotopic (exact) mass is 394 g/mol. The molecule has 0 aliphatic carbocycles. The number of rotatable bonds is 3. The number of hydrogen-bond acceptors (Lipinski definition) is 4. The van der Waals surface area contributed by atoms with Crippen molar-refractivity contribution in [3.63, 3.8) is 0 Å². The van der Waals surface area contributed by atoms with Crippen LogP contribution in [0.2, 0.25) is 0 Å². The highest BCUT2D eigenvalue weighted by atomic mass is 16.5. The number of ether oxygens (including phenoxy) is 1. The average molecular weight is 394 g/mol. The van der Waals surface area contributed by atoms with Gasteiger partial charge in [0, 0.05) is 28.9 Å². The highest BCUT2D eigenvalue weighted by molar-refractivity contribution is 6.08. The maximum absolute atomic E-state index is 13.2. The van der Waals surface area contributed by atoms with Crippen LogP contribution in [-0.2, 0) is 16.0 Å². The van der Waals surface area contributed by atoms with Crippen molar-refractivity contribution < 1.29 is 19.1 Å². The lowest BCUT2D eigenvalue weighted by Crippen LogP contribution is -2.36. The van der Waals surface area contributed by atoms with E-state index in [1.807, 2.05) is 26.8 Å². The minimum absolute atomic E-state index is 0.117. The molecule has 2 aromatic rings. The maximum atomic E-state index is 13.2. The fourth-order valence-corrected chi connectivity index (χ4v) is 3.34. The van der Waals surface area contributed by atoms with Crippen LogP contribution in [0.3, 0.4) is 0 Å². The molecule has 0 radical (unpaired) electrons. The molecule has 0 aromatic heterocycles. The predicted octanol–water partition coefficient (Wildman–Crippen LogP) is 4.05. The van der Waals surface area contributed by atoms with Crippen molar-refractivity contribution in [3.8, 4) is 0 Å². The molecule has 0 unspecified atom stereocenters. The second-order valence-corrected chi connectivity index (χ2v) is 8.14. The van der Waals surface area contributed by atoms with Gasteiger partial charge in [0.25, 0.3) is 5.91 Å². The third kappa shape index (κ3) is 4.31. The summed E-state index contributed by atoms with van der Waals surface area (Å²) in [6.07, 6.45) is 1.47. The lowest BCUT2D eigenvalue weighted by Gasteiger charge is -2.30. The summed E-state index contributed by atoms with van der Waals surface area (Å²) in [5.74, 6) is -0.684. The van der Waals surface area contributed by atoms with E-state index in [-0.39, 0.29) is 11.8 Å². The molecular weight excluding hydrogens is 368 g/mol. The van der Waals surface area contributed by atoms with E-state index in [1.165, 1.54) is 7.11 Å². The number of nitrogens with zero attached hydrogens (tertiary/aromatic N) is 1. The molecule has 0 bridgehead atoms. The summed E-state index contributed by atoms with van der Waals surface area (Å²) in [6, 6.07) is 12.3. The number of hydrogen-bond donors (Lipinski definition) is 1. The number of anilines is 2. The van der Waals surface area contributed by atoms with Gasteiger partial charge in [0.1, 0.15) is 0 Å². The predicted molar refractivity (Wildman–Crippen MR) is 112 cm³/mol. The molecule has 1 heterocycles. The molecular formula is C23H26N2O4. The van der Waals surface area contributed by atoms with E-state index in [4.69, 9.17) is 4.74 Å². The molecule has 152 valence electrons. The highest BCUT2D eigenvalue weighted by Gasteiger charge is 2.27. The van der Waals surface area contributed by atoms with E-state index in [9.17, 15) is 14.4 Å². The molecule has 0 fully saturated rings. The Labute approximate surface area is 170 Å². The van der Waals surface area contributed by atoms with Gasteiger partial charge in [0.05, 0.1) is 12.7 Å². The Morgan fingerprint density at radius 3 is 2.48 bits per heavy atom. The Bertz CT molecular complexity index is 960. The summed E-state index contributed by atoms with van der Waals surface area (Å²) in [5, 5.41) is 2.86. The van der Waals surface area contributed by atoms with Crippen molar-refractivity contribution in [2.24, 2.45) is 5.41 Å². The molecule has 0 saturated carbocycles. The number of carbonyl (C=O) groups is 3. The standard InChI is InChI=1S/C23H26N2O4/c1-23(2,3)22(28)24-16-9-5-8-15(14-16)20(26)25-13-7-11-17-18(21(27)29-4)10-6-12-19(17)25/h5-6,8-10,12,14H,7,11,13H2,1-4H3,(H,24,28). The van der Waals surface area contributed by atoms with Gasteiger partial charge in [-0.05, 0) is 48.7 Å². The molecule has 2 aromatic carbocycles. The zero-order chi connectivity index (χ0) is 21.2. The number of nitrogens with one attached hydrogen (secondary N) is 1. The topological polar surface area (TPSA) is 75.7 Å². The summed E-state index contributed by atoms with van der Waals surface area (Å²) in [7, 11) is 1.35. The van der Waals surface area contributed by atoms with Crippen LogP contribution in [0, 0.1) is 5.41 Å². The van der Waals surface area contributed by atoms with Crippen LogP contribution in [0.4, 0.5) is 11.4 Å². The third-order valence-corrected chi connectivity index (χ3v) is 4.95. The number of fused-ring (bicyclic) bond motifs is 1. The van der Waals surface area contributed by atoms with Gasteiger partial charge >= 0.3 is 5.97 Å². The molecule has 29 heavy (non-hydrogen) atoms. The second kappa shape index (κ2) is 8.07. The van der Waals surface area contributed by atoms with Crippen molar-refractivity contribution >= 4 is 29.2 Å². The second-order valence-electron chi connectivity index (χ2n) is 8.14. The van der Waals surface area contributed by atoms with Gasteiger partial charge in [-0.15, -0.1) is 0 Å². The van der Waals surface area contributed by atoms with Gasteiger partial charge in [0.2, 0.25) is 5.91 Å². The highest BCUT2D eigenvalue weighted by Crippen LogP contribution is 2.32. The first-order valence-corrected chi connectivity index (χ1v) is 9.66. The number of benzene rings is 2. The quantitative estimate of drug-likeness (QED) is 0.797. The minimum atomic E-state index is -0.532.